The Morgan fingerprint density at radius 3 is 1.17 bits per heavy atom. The van der Waals surface area contributed by atoms with Crippen molar-refractivity contribution in [2.75, 3.05) is 48.3 Å². The number of hydrogen-bond acceptors (Lipinski definition) is 27. The van der Waals surface area contributed by atoms with Gasteiger partial charge in [0, 0.05) is 171 Å². The lowest BCUT2D eigenvalue weighted by atomic mass is 9.99. The van der Waals surface area contributed by atoms with Crippen LogP contribution in [-0.2, 0) is 45.6 Å². The van der Waals surface area contributed by atoms with E-state index < -0.39 is 91.6 Å². The molecule has 23 rings (SSSR count). The first-order valence-corrected chi connectivity index (χ1v) is 48.8. The molecule has 35 heteroatoms. The fraction of sp³-hybridized carbons (Fsp3) is 0.407. The predicted molar refractivity (Wildman–Crippen MR) is 532 cm³/mol. The van der Waals surface area contributed by atoms with Crippen LogP contribution in [0.4, 0.5) is 8.78 Å². The van der Waals surface area contributed by atoms with Crippen molar-refractivity contribution < 1.29 is 88.3 Å². The molecule has 33 nitrogen and oxygen atoms in total. The summed E-state index contributed by atoms with van der Waals surface area (Å²) >= 11 is 0. The monoisotopic (exact) mass is 1950 g/mol. The molecule has 0 unspecified atom stereocenters. The summed E-state index contributed by atoms with van der Waals surface area (Å²) in [5.41, 5.74) is 16.7. The summed E-state index contributed by atoms with van der Waals surface area (Å²) in [7, 11) is 9.75. The van der Waals surface area contributed by atoms with E-state index in [1.807, 2.05) is 185 Å². The van der Waals surface area contributed by atoms with Crippen molar-refractivity contribution in [3.63, 3.8) is 0 Å². The van der Waals surface area contributed by atoms with Gasteiger partial charge in [0.1, 0.15) is 173 Å². The SMILES string of the molecule is CNCc1cc(F)ccc1O[C@H]1C[C@@H](n2ccc3c(C)ncnc32)[C@H](O)[C@@H]1O.Cc1ccnc2c1ccn2[C@@H]1C[C@H](Oc2cccc3c2C(=O)NCC3)[C@@H](O)[C@H]1O.Cc1ccnc2c1ccn2[C@@H]1C[C@H](Oc2cccc3c2CCN(C)C3)[C@@H](O)[C@H]1O.Cc1ccnc2c1ccn2[C@@H]1C[C@H](Oc2cccc3c2CN(C)C3)[C@@H](O)[C@H]1O.Cc1ncnc2c1ccn2[C@@H]1C[C@H](Oc2ccc(F)cc2CN(C)C)[C@@H](O)[C@H]1O. The van der Waals surface area contributed by atoms with Crippen molar-refractivity contribution in [2.24, 2.45) is 0 Å². The number of halogens is 2. The first-order valence-electron chi connectivity index (χ1n) is 48.8. The molecule has 20 atom stereocenters. The van der Waals surface area contributed by atoms with E-state index in [9.17, 15) is 64.6 Å². The van der Waals surface area contributed by atoms with Crippen LogP contribution in [0.2, 0.25) is 0 Å². The van der Waals surface area contributed by atoms with E-state index in [0.29, 0.717) is 97.0 Å². The molecule has 1 amide bonds. The van der Waals surface area contributed by atoms with Crippen LogP contribution >= 0.6 is 0 Å². The number of hydrogen-bond donors (Lipinski definition) is 12. The Balaban J connectivity index is 0.000000113. The summed E-state index contributed by atoms with van der Waals surface area (Å²) < 4.78 is 67.5. The number of aromatic nitrogens is 12. The van der Waals surface area contributed by atoms with Gasteiger partial charge in [-0.15, -0.1) is 0 Å². The van der Waals surface area contributed by atoms with Crippen LogP contribution in [0, 0.1) is 46.3 Å². The third-order valence-electron chi connectivity index (χ3n) is 29.5. The van der Waals surface area contributed by atoms with Crippen LogP contribution in [0.5, 0.6) is 28.7 Å². The average molecular weight is 1950 g/mol. The molecule has 13 heterocycles. The molecule has 12 N–H and O–H groups in total. The lowest BCUT2D eigenvalue weighted by Crippen LogP contribution is -2.36. The highest BCUT2D eigenvalue weighted by atomic mass is 19.1. The van der Waals surface area contributed by atoms with E-state index >= 15 is 0 Å². The first kappa shape index (κ1) is 98.9. The number of aliphatic hydroxyl groups is 10. The summed E-state index contributed by atoms with van der Waals surface area (Å²) in [6.07, 6.45) is 9.03. The zero-order valence-corrected chi connectivity index (χ0v) is 81.4. The zero-order chi connectivity index (χ0) is 100. The molecule has 750 valence electrons. The smallest absolute Gasteiger partial charge is 0.255 e. The number of amides is 1. The number of aliphatic hydroxyl groups excluding tert-OH is 10. The number of carbonyl (C=O) groups is 1. The van der Waals surface area contributed by atoms with E-state index in [4.69, 9.17) is 23.7 Å². The Bertz CT molecular complexity index is 7110. The molecule has 0 radical (unpaired) electrons. The zero-order valence-electron chi connectivity index (χ0n) is 81.4. The molecule has 3 aliphatic heterocycles. The van der Waals surface area contributed by atoms with E-state index in [-0.39, 0.29) is 47.8 Å². The van der Waals surface area contributed by atoms with Crippen LogP contribution in [0.3, 0.4) is 0 Å². The van der Waals surface area contributed by atoms with Gasteiger partial charge >= 0.3 is 0 Å². The van der Waals surface area contributed by atoms with E-state index in [1.165, 1.54) is 59.2 Å². The van der Waals surface area contributed by atoms with Gasteiger partial charge in [-0.25, -0.2) is 43.7 Å². The lowest BCUT2D eigenvalue weighted by Gasteiger charge is -2.28. The number of nitrogens with zero attached hydrogens (tertiary/aromatic N) is 15. The summed E-state index contributed by atoms with van der Waals surface area (Å²) in [6, 6.07) is 40.4. The Morgan fingerprint density at radius 1 is 0.392 bits per heavy atom. The third-order valence-corrected chi connectivity index (χ3v) is 29.5. The number of ether oxygens (including phenoxy) is 5. The standard InChI is InChI=1S/C23H27N3O3.C22H23N3O4.C22H25N3O3.C21H25FN4O3.C20H23FN4O3/c1-14-6-9-24-23-16(14)8-11-26(23)18-12-20(22(28)21(18)27)29-19-5-3-4-15-13-25(2)10-7-17(15)19;1-12-5-8-23-21-14(12)7-10-25(21)15-11-17(20(27)19(15)26)29-16-4-2-3-13-6-9-24-22(28)18(13)16;1-13-6-8-23-22-15(13)7-9-25(22)17-10-19(21(27)20(17)26)28-18-5-3-4-14-11-24(2)12-16(14)18;1-12-15-6-7-26(21(15)24-11-23-12)16-9-18(20(28)19(16)27)29-17-5-4-14(22)8-13(17)10-25(2)3;1-11-14-5-6-25(20(14)24-10-23-11)15-8-17(19(27)18(15)26)28-16-4-3-13(21)7-12(16)9-22-2/h3-6,8-9,11,18,20-22,27-28H,7,10,12-13H2,1-2H3;2-5,7-8,10,15,17,19-20,26-27H,6,9,11H2,1H3,(H,24,28);3-9,17,19-21,26-27H,10-12H2,1-2H3;4-8,11,16,18-20,27-28H,9-10H2,1-3H3;3-7,10,15,17-19,22,26-27H,8-9H2,1-2H3/t18-,20+,21+,22-;15-,17+,19+,20-;17-,19+,20+,21-;16-,18+,19+,20-;15-,17+,18+,19-/m11111/s1. The van der Waals surface area contributed by atoms with Gasteiger partial charge in [0.2, 0.25) is 0 Å². The van der Waals surface area contributed by atoms with Crippen LogP contribution in [0.25, 0.3) is 55.2 Å². The van der Waals surface area contributed by atoms with Crippen molar-refractivity contribution in [3.8, 4) is 28.7 Å². The van der Waals surface area contributed by atoms with Crippen LogP contribution in [-0.4, -0.2) is 269 Å². The molecule has 143 heavy (non-hydrogen) atoms. The number of pyridine rings is 3. The number of nitrogens with one attached hydrogen (secondary N) is 2. The van der Waals surface area contributed by atoms with Gasteiger partial charge < -0.3 is 118 Å². The number of aryl methyl sites for hydroxylation is 5. The second-order valence-corrected chi connectivity index (χ2v) is 39.3. The molecule has 8 aliphatic rings. The third kappa shape index (κ3) is 19.9. The molecule has 0 saturated heterocycles. The first-order chi connectivity index (χ1) is 68.9. The summed E-state index contributed by atoms with van der Waals surface area (Å²) in [5.74, 6) is 2.23. The second-order valence-electron chi connectivity index (χ2n) is 39.3. The Labute approximate surface area is 825 Å². The van der Waals surface area contributed by atoms with Gasteiger partial charge in [-0.3, -0.25) is 9.69 Å². The van der Waals surface area contributed by atoms with Crippen molar-refractivity contribution in [3.05, 3.63) is 286 Å². The van der Waals surface area contributed by atoms with Gasteiger partial charge in [-0.05, 0) is 225 Å². The highest BCUT2D eigenvalue weighted by molar-refractivity contribution is 5.99. The number of likely N-dealkylation sites (N-methyl/N-ethyl adjacent to an activating group) is 1. The van der Waals surface area contributed by atoms with Gasteiger partial charge in [0.05, 0.1) is 47.2 Å². The highest BCUT2D eigenvalue weighted by Gasteiger charge is 2.50. The van der Waals surface area contributed by atoms with Gasteiger partial charge in [-0.1, -0.05) is 36.4 Å². The summed E-state index contributed by atoms with van der Waals surface area (Å²) in [5, 5.41) is 118. The number of benzene rings is 5. The molecule has 5 aromatic carbocycles. The number of rotatable bonds is 19. The van der Waals surface area contributed by atoms with Crippen molar-refractivity contribution in [1.29, 1.82) is 0 Å². The van der Waals surface area contributed by atoms with E-state index in [0.717, 1.165) is 128 Å². The van der Waals surface area contributed by atoms with Gasteiger partial charge in [0.25, 0.3) is 5.91 Å². The normalized spacial score (nSPS) is 26.1. The Kier molecular flexibility index (Phi) is 29.0. The molecule has 5 fully saturated rings. The molecule has 5 saturated carbocycles. The lowest BCUT2D eigenvalue weighted by molar-refractivity contribution is -0.0167. The van der Waals surface area contributed by atoms with Crippen LogP contribution in [0.15, 0.2) is 202 Å². The largest absolute Gasteiger partial charge is 0.487 e. The maximum atomic E-state index is 13.7. The van der Waals surface area contributed by atoms with Gasteiger partial charge in [-0.2, -0.15) is 0 Å². The van der Waals surface area contributed by atoms with Crippen LogP contribution in [0.1, 0.15) is 140 Å². The molecule has 5 aliphatic carbocycles. The van der Waals surface area contributed by atoms with Gasteiger partial charge in [0.15, 0.2) is 0 Å². The maximum absolute atomic E-state index is 13.7. The fourth-order valence-electron chi connectivity index (χ4n) is 21.9. The molecule has 10 aromatic heterocycles. The second kappa shape index (κ2) is 41.9. The maximum Gasteiger partial charge on any atom is 0.255 e. The molecule has 15 aromatic rings. The topological polar surface area (TPSA) is 414 Å². The minimum Gasteiger partial charge on any atom is -0.487 e. The summed E-state index contributed by atoms with van der Waals surface area (Å²) in [6.45, 7) is 15.1. The summed E-state index contributed by atoms with van der Waals surface area (Å²) in [4.78, 5) is 49.3. The number of fused-ring (bicyclic) bond motifs is 8. The predicted octanol–water partition coefficient (Wildman–Crippen LogP) is 10.4. The van der Waals surface area contributed by atoms with Crippen LogP contribution < -0.4 is 34.3 Å². The van der Waals surface area contributed by atoms with Crippen molar-refractivity contribution >= 4 is 61.1 Å². The molecule has 0 spiro atoms. The Morgan fingerprint density at radius 2 is 0.748 bits per heavy atom. The van der Waals surface area contributed by atoms with Crippen molar-refractivity contribution in [2.45, 2.75) is 234 Å². The average Bonchev–Trinajstić information content (AvgIpc) is 1.62. The molecular weight excluding hydrogens is 1830 g/mol. The molecule has 0 bridgehead atoms. The molecular formula is C108H123F2N17O16. The van der Waals surface area contributed by atoms with E-state index in [1.54, 1.807) is 43.8 Å². The highest BCUT2D eigenvalue weighted by Crippen LogP contribution is 2.46. The Hall–Kier alpha value is -12.8. The van der Waals surface area contributed by atoms with Crippen molar-refractivity contribution in [1.82, 2.24) is 83.1 Å². The fourth-order valence-corrected chi connectivity index (χ4v) is 21.9. The van der Waals surface area contributed by atoms with E-state index in [2.05, 4.69) is 88.5 Å². The minimum absolute atomic E-state index is 0.164. The quantitative estimate of drug-likeness (QED) is 0.0358. The minimum atomic E-state index is -1.07. The number of carbonyl (C=O) groups excluding carboxylic acids is 1.